The van der Waals surface area contributed by atoms with E-state index >= 15 is 0 Å². The first-order valence-corrected chi connectivity index (χ1v) is 5.47. The van der Waals surface area contributed by atoms with Gasteiger partial charge in [0.2, 0.25) is 5.71 Å². The van der Waals surface area contributed by atoms with Gasteiger partial charge in [-0.15, -0.1) is 0 Å². The summed E-state index contributed by atoms with van der Waals surface area (Å²) in [5.41, 5.74) is 2.10. The van der Waals surface area contributed by atoms with Crippen LogP contribution >= 0.6 is 0 Å². The summed E-state index contributed by atoms with van der Waals surface area (Å²) in [5.74, 6) is 0.665. The van der Waals surface area contributed by atoms with E-state index in [1.54, 1.807) is 6.26 Å². The van der Waals surface area contributed by atoms with Crippen LogP contribution in [-0.2, 0) is 0 Å². The van der Waals surface area contributed by atoms with Gasteiger partial charge in [0.05, 0.1) is 6.26 Å². The molecule has 1 aliphatic heterocycles. The number of aromatic nitrogens is 1. The predicted octanol–water partition coefficient (Wildman–Crippen LogP) is 2.29. The summed E-state index contributed by atoms with van der Waals surface area (Å²) in [6.07, 6.45) is 6.09. The highest BCUT2D eigenvalue weighted by Crippen LogP contribution is 2.26. The molecule has 3 rings (SSSR count). The molecule has 0 saturated carbocycles. The molecule has 0 aromatic carbocycles. The first-order valence-electron chi connectivity index (χ1n) is 5.47. The lowest BCUT2D eigenvalue weighted by atomic mass is 9.91. The zero-order valence-corrected chi connectivity index (χ0v) is 8.57. The van der Waals surface area contributed by atoms with E-state index in [1.165, 1.54) is 18.4 Å². The van der Waals surface area contributed by atoms with Crippen LogP contribution in [0.1, 0.15) is 24.3 Å². The van der Waals surface area contributed by atoms with Gasteiger partial charge in [-0.3, -0.25) is 0 Å². The topological polar surface area (TPSA) is 38.1 Å². The summed E-state index contributed by atoms with van der Waals surface area (Å²) in [5, 5.41) is 4.49. The van der Waals surface area contributed by atoms with E-state index in [2.05, 4.69) is 16.4 Å². The normalized spacial score (nSPS) is 18.4. The number of nitrogens with one attached hydrogen (secondary N) is 1. The van der Waals surface area contributed by atoms with Crippen molar-refractivity contribution in [3.05, 3.63) is 30.2 Å². The fourth-order valence-electron chi connectivity index (χ4n) is 2.25. The lowest BCUT2D eigenvalue weighted by Gasteiger charge is -2.22. The van der Waals surface area contributed by atoms with E-state index in [-0.39, 0.29) is 0 Å². The Morgan fingerprint density at radius 3 is 3.07 bits per heavy atom. The highest BCUT2D eigenvalue weighted by Gasteiger charge is 2.15. The Morgan fingerprint density at radius 2 is 2.20 bits per heavy atom. The molecule has 0 unspecified atom stereocenters. The van der Waals surface area contributed by atoms with Crippen molar-refractivity contribution >= 4 is 11.1 Å². The van der Waals surface area contributed by atoms with Crippen molar-refractivity contribution in [1.82, 2.24) is 10.3 Å². The summed E-state index contributed by atoms with van der Waals surface area (Å²) in [6.45, 7) is 2.24. The van der Waals surface area contributed by atoms with Gasteiger partial charge < -0.3 is 9.73 Å². The van der Waals surface area contributed by atoms with Crippen LogP contribution in [0.4, 0.5) is 0 Å². The zero-order valence-electron chi connectivity index (χ0n) is 8.57. The van der Waals surface area contributed by atoms with Crippen LogP contribution < -0.4 is 5.32 Å². The SMILES string of the molecule is c1cc2cc(C3CCNCC3)cnc2o1. The number of furan rings is 1. The molecule has 0 amide bonds. The minimum absolute atomic E-state index is 0.665. The Kier molecular flexibility index (Phi) is 2.18. The van der Waals surface area contributed by atoms with Crippen LogP contribution in [0.2, 0.25) is 0 Å². The Balaban J connectivity index is 1.95. The minimum Gasteiger partial charge on any atom is -0.446 e. The molecular formula is C12H14N2O. The van der Waals surface area contributed by atoms with Crippen molar-refractivity contribution in [1.29, 1.82) is 0 Å². The van der Waals surface area contributed by atoms with Crippen molar-refractivity contribution in [3.8, 4) is 0 Å². The molecule has 1 N–H and O–H groups in total. The summed E-state index contributed by atoms with van der Waals surface area (Å²) in [4.78, 5) is 4.33. The highest BCUT2D eigenvalue weighted by atomic mass is 16.3. The van der Waals surface area contributed by atoms with E-state index in [1.807, 2.05) is 12.3 Å². The molecule has 15 heavy (non-hydrogen) atoms. The summed E-state index contributed by atoms with van der Waals surface area (Å²) in [6, 6.07) is 4.19. The van der Waals surface area contributed by atoms with E-state index < -0.39 is 0 Å². The Hall–Kier alpha value is -1.35. The second-order valence-electron chi connectivity index (χ2n) is 4.11. The van der Waals surface area contributed by atoms with E-state index in [4.69, 9.17) is 4.42 Å². The van der Waals surface area contributed by atoms with E-state index in [9.17, 15) is 0 Å². The number of pyridine rings is 1. The number of nitrogens with zero attached hydrogens (tertiary/aromatic N) is 1. The summed E-state index contributed by atoms with van der Waals surface area (Å²) < 4.78 is 5.24. The maximum absolute atomic E-state index is 5.24. The van der Waals surface area contributed by atoms with Gasteiger partial charge in [-0.1, -0.05) is 0 Å². The van der Waals surface area contributed by atoms with Crippen LogP contribution in [0.5, 0.6) is 0 Å². The molecule has 2 aromatic heterocycles. The quantitative estimate of drug-likeness (QED) is 0.771. The number of fused-ring (bicyclic) bond motifs is 1. The molecular weight excluding hydrogens is 188 g/mol. The van der Waals surface area contributed by atoms with Crippen molar-refractivity contribution in [3.63, 3.8) is 0 Å². The van der Waals surface area contributed by atoms with Gasteiger partial charge in [-0.2, -0.15) is 0 Å². The number of piperidine rings is 1. The second kappa shape index (κ2) is 3.66. The maximum Gasteiger partial charge on any atom is 0.225 e. The third-order valence-electron chi connectivity index (χ3n) is 3.14. The first-order chi connectivity index (χ1) is 7.43. The third kappa shape index (κ3) is 1.63. The molecule has 0 bridgehead atoms. The minimum atomic E-state index is 0.665. The lowest BCUT2D eigenvalue weighted by molar-refractivity contribution is 0.460. The molecule has 3 heterocycles. The monoisotopic (exact) mass is 202 g/mol. The van der Waals surface area contributed by atoms with Gasteiger partial charge >= 0.3 is 0 Å². The average Bonchev–Trinajstić information content (AvgIpc) is 2.77. The van der Waals surface area contributed by atoms with Gasteiger partial charge in [0.25, 0.3) is 0 Å². The van der Waals surface area contributed by atoms with Crippen LogP contribution in [0.25, 0.3) is 11.1 Å². The summed E-state index contributed by atoms with van der Waals surface area (Å²) in [7, 11) is 0. The van der Waals surface area contributed by atoms with Crippen LogP contribution in [0.15, 0.2) is 29.0 Å². The molecule has 1 aliphatic rings. The van der Waals surface area contributed by atoms with E-state index in [0.29, 0.717) is 5.92 Å². The average molecular weight is 202 g/mol. The molecule has 78 valence electrons. The molecule has 0 atom stereocenters. The number of rotatable bonds is 1. The van der Waals surface area contributed by atoms with Crippen LogP contribution in [0.3, 0.4) is 0 Å². The fourth-order valence-corrected chi connectivity index (χ4v) is 2.25. The van der Waals surface area contributed by atoms with Crippen molar-refractivity contribution in [2.45, 2.75) is 18.8 Å². The first kappa shape index (κ1) is 8.92. The van der Waals surface area contributed by atoms with Crippen molar-refractivity contribution in [2.24, 2.45) is 0 Å². The molecule has 0 radical (unpaired) electrons. The Labute approximate surface area is 88.5 Å². The highest BCUT2D eigenvalue weighted by molar-refractivity contribution is 5.73. The standard InChI is InChI=1S/C12H14N2O/c1-4-13-5-2-9(1)11-7-10-3-6-15-12(10)14-8-11/h3,6-9,13H,1-2,4-5H2. The molecule has 1 saturated heterocycles. The van der Waals surface area contributed by atoms with Crippen molar-refractivity contribution < 1.29 is 4.42 Å². The van der Waals surface area contributed by atoms with E-state index in [0.717, 1.165) is 24.2 Å². The third-order valence-corrected chi connectivity index (χ3v) is 3.14. The molecule has 1 fully saturated rings. The fraction of sp³-hybridized carbons (Fsp3) is 0.417. The maximum atomic E-state index is 5.24. The van der Waals surface area contributed by atoms with Crippen LogP contribution in [0, 0.1) is 0 Å². The van der Waals surface area contributed by atoms with Gasteiger partial charge in [0.15, 0.2) is 0 Å². The van der Waals surface area contributed by atoms with Crippen molar-refractivity contribution in [2.75, 3.05) is 13.1 Å². The lowest BCUT2D eigenvalue weighted by Crippen LogP contribution is -2.26. The molecule has 2 aromatic rings. The van der Waals surface area contributed by atoms with Gasteiger partial charge in [0, 0.05) is 11.6 Å². The Morgan fingerprint density at radius 1 is 1.33 bits per heavy atom. The smallest absolute Gasteiger partial charge is 0.225 e. The number of hydrogen-bond acceptors (Lipinski definition) is 3. The molecule has 0 spiro atoms. The predicted molar refractivity (Wildman–Crippen MR) is 58.9 cm³/mol. The molecule has 3 heteroatoms. The van der Waals surface area contributed by atoms with Gasteiger partial charge in [-0.25, -0.2) is 4.98 Å². The second-order valence-corrected chi connectivity index (χ2v) is 4.11. The van der Waals surface area contributed by atoms with Crippen LogP contribution in [-0.4, -0.2) is 18.1 Å². The van der Waals surface area contributed by atoms with Gasteiger partial charge in [-0.05, 0) is 49.5 Å². The summed E-state index contributed by atoms with van der Waals surface area (Å²) >= 11 is 0. The van der Waals surface area contributed by atoms with Gasteiger partial charge in [0.1, 0.15) is 0 Å². The molecule has 3 nitrogen and oxygen atoms in total. The molecule has 0 aliphatic carbocycles. The zero-order chi connectivity index (χ0) is 10.1. The number of hydrogen-bond donors (Lipinski definition) is 1. The Bertz CT molecular complexity index is 457. The largest absolute Gasteiger partial charge is 0.446 e.